The number of aromatic nitrogens is 1. The van der Waals surface area contributed by atoms with E-state index in [2.05, 4.69) is 31.4 Å². The van der Waals surface area contributed by atoms with Gasteiger partial charge in [0.2, 0.25) is 5.13 Å². The Morgan fingerprint density at radius 1 is 1.17 bits per heavy atom. The zero-order chi connectivity index (χ0) is 16.2. The van der Waals surface area contributed by atoms with Gasteiger partial charge in [0, 0.05) is 5.56 Å². The first-order valence-electron chi connectivity index (χ1n) is 6.78. The maximum Gasteiger partial charge on any atom is 0.204 e. The number of nitrogens with zero attached hydrogens (tertiary/aromatic N) is 2. The van der Waals surface area contributed by atoms with Gasteiger partial charge in [0.05, 0.1) is 30.7 Å². The molecule has 5 nitrogen and oxygen atoms in total. The molecular formula is C16H14BrN3O2S. The van der Waals surface area contributed by atoms with Crippen molar-refractivity contribution in [1.82, 2.24) is 4.98 Å². The molecule has 3 aromatic rings. The molecule has 1 aromatic heterocycles. The summed E-state index contributed by atoms with van der Waals surface area (Å²) in [6.45, 7) is 0. The Hall–Kier alpha value is -2.12. The van der Waals surface area contributed by atoms with E-state index in [-0.39, 0.29) is 0 Å². The van der Waals surface area contributed by atoms with Gasteiger partial charge >= 0.3 is 0 Å². The second-order valence-electron chi connectivity index (χ2n) is 4.56. The smallest absolute Gasteiger partial charge is 0.204 e. The third-order valence-electron chi connectivity index (χ3n) is 3.17. The number of fused-ring (bicyclic) bond motifs is 1. The predicted molar refractivity (Wildman–Crippen MR) is 98.1 cm³/mol. The maximum atomic E-state index is 5.41. The van der Waals surface area contributed by atoms with Crippen LogP contribution in [-0.2, 0) is 0 Å². The average molecular weight is 392 g/mol. The first kappa shape index (κ1) is 15.8. The van der Waals surface area contributed by atoms with Crippen molar-refractivity contribution in [1.29, 1.82) is 0 Å². The van der Waals surface area contributed by atoms with Crippen molar-refractivity contribution < 1.29 is 9.47 Å². The molecule has 0 radical (unpaired) electrons. The number of anilines is 1. The number of thiazole rings is 1. The van der Waals surface area contributed by atoms with Crippen molar-refractivity contribution in [3.8, 4) is 11.5 Å². The molecule has 0 aliphatic rings. The van der Waals surface area contributed by atoms with Gasteiger partial charge in [-0.15, -0.1) is 0 Å². The van der Waals surface area contributed by atoms with Crippen LogP contribution in [0.4, 0.5) is 5.13 Å². The molecule has 0 bridgehead atoms. The lowest BCUT2D eigenvalue weighted by molar-refractivity contribution is 0.389. The normalized spacial score (nSPS) is 11.1. The predicted octanol–water partition coefficient (Wildman–Crippen LogP) is 4.52. The minimum absolute atomic E-state index is 0.666. The standard InChI is InChI=1S/C16H14BrN3O2S/c1-21-12-8-7-10(15(22-2)14(12)17)9-18-20-16-19-11-5-3-4-6-13(11)23-16/h3-9H,1-2H3,(H,19,20)/b18-9-. The van der Waals surface area contributed by atoms with Crippen molar-refractivity contribution in [3.63, 3.8) is 0 Å². The summed E-state index contributed by atoms with van der Waals surface area (Å²) in [5.41, 5.74) is 4.74. The van der Waals surface area contributed by atoms with Crippen LogP contribution in [0.1, 0.15) is 5.56 Å². The van der Waals surface area contributed by atoms with Gasteiger partial charge in [-0.05, 0) is 40.2 Å². The number of benzene rings is 2. The summed E-state index contributed by atoms with van der Waals surface area (Å²) >= 11 is 5.03. The van der Waals surface area contributed by atoms with E-state index in [4.69, 9.17) is 9.47 Å². The molecule has 2 aromatic carbocycles. The number of para-hydroxylation sites is 1. The molecule has 23 heavy (non-hydrogen) atoms. The first-order chi connectivity index (χ1) is 11.2. The number of nitrogens with one attached hydrogen (secondary N) is 1. The van der Waals surface area contributed by atoms with Crippen LogP contribution in [0.25, 0.3) is 10.2 Å². The van der Waals surface area contributed by atoms with Crippen LogP contribution in [0.15, 0.2) is 46.0 Å². The minimum atomic E-state index is 0.666. The summed E-state index contributed by atoms with van der Waals surface area (Å²) in [5.74, 6) is 1.37. The van der Waals surface area contributed by atoms with E-state index in [1.807, 2.05) is 36.4 Å². The lowest BCUT2D eigenvalue weighted by Crippen LogP contribution is -1.96. The molecule has 0 unspecified atom stereocenters. The molecule has 1 N–H and O–H groups in total. The Kier molecular flexibility index (Phi) is 4.78. The van der Waals surface area contributed by atoms with E-state index in [0.29, 0.717) is 11.5 Å². The summed E-state index contributed by atoms with van der Waals surface area (Å²) in [6.07, 6.45) is 1.69. The second kappa shape index (κ2) is 6.97. The Balaban J connectivity index is 1.81. The van der Waals surface area contributed by atoms with Gasteiger partial charge in [0.15, 0.2) is 0 Å². The lowest BCUT2D eigenvalue weighted by Gasteiger charge is -2.10. The number of ether oxygens (including phenoxy) is 2. The van der Waals surface area contributed by atoms with Gasteiger partial charge in [0.1, 0.15) is 16.0 Å². The molecular weight excluding hydrogens is 378 g/mol. The van der Waals surface area contributed by atoms with Gasteiger partial charge in [-0.1, -0.05) is 23.5 Å². The van der Waals surface area contributed by atoms with Gasteiger partial charge in [-0.2, -0.15) is 5.10 Å². The van der Waals surface area contributed by atoms with E-state index in [1.165, 1.54) is 0 Å². The zero-order valence-electron chi connectivity index (χ0n) is 12.5. The highest BCUT2D eigenvalue weighted by atomic mass is 79.9. The molecule has 0 aliphatic heterocycles. The van der Waals surface area contributed by atoms with Crippen LogP contribution in [0.5, 0.6) is 11.5 Å². The van der Waals surface area contributed by atoms with Crippen molar-refractivity contribution in [2.45, 2.75) is 0 Å². The van der Waals surface area contributed by atoms with Crippen LogP contribution < -0.4 is 14.9 Å². The molecule has 0 spiro atoms. The lowest BCUT2D eigenvalue weighted by atomic mass is 10.2. The molecule has 3 rings (SSSR count). The summed E-state index contributed by atoms with van der Waals surface area (Å²) in [5, 5.41) is 4.99. The van der Waals surface area contributed by atoms with Crippen LogP contribution in [0.3, 0.4) is 0 Å². The van der Waals surface area contributed by atoms with Crippen molar-refractivity contribution in [3.05, 3.63) is 46.4 Å². The van der Waals surface area contributed by atoms with Gasteiger partial charge in [0.25, 0.3) is 0 Å². The highest BCUT2D eigenvalue weighted by molar-refractivity contribution is 9.10. The fraction of sp³-hybridized carbons (Fsp3) is 0.125. The van der Waals surface area contributed by atoms with E-state index >= 15 is 0 Å². The molecule has 0 saturated heterocycles. The second-order valence-corrected chi connectivity index (χ2v) is 6.38. The Morgan fingerprint density at radius 3 is 2.74 bits per heavy atom. The van der Waals surface area contributed by atoms with Crippen LogP contribution in [0.2, 0.25) is 0 Å². The van der Waals surface area contributed by atoms with Crippen molar-refractivity contribution in [2.75, 3.05) is 19.6 Å². The topological polar surface area (TPSA) is 55.7 Å². The molecule has 0 fully saturated rings. The summed E-state index contributed by atoms with van der Waals surface area (Å²) in [6, 6.07) is 11.7. The summed E-state index contributed by atoms with van der Waals surface area (Å²) in [7, 11) is 3.22. The minimum Gasteiger partial charge on any atom is -0.495 e. The molecule has 0 amide bonds. The summed E-state index contributed by atoms with van der Waals surface area (Å²) in [4.78, 5) is 4.46. The fourth-order valence-corrected chi connectivity index (χ4v) is 3.60. The number of halogens is 1. The molecule has 118 valence electrons. The number of hydrogen-bond acceptors (Lipinski definition) is 6. The number of hydrazone groups is 1. The third kappa shape index (κ3) is 3.30. The zero-order valence-corrected chi connectivity index (χ0v) is 14.9. The molecule has 0 atom stereocenters. The van der Waals surface area contributed by atoms with Crippen LogP contribution in [-0.4, -0.2) is 25.4 Å². The average Bonchev–Trinajstić information content (AvgIpc) is 2.98. The van der Waals surface area contributed by atoms with Gasteiger partial charge in [-0.25, -0.2) is 4.98 Å². The van der Waals surface area contributed by atoms with Crippen molar-refractivity contribution in [2.24, 2.45) is 5.10 Å². The van der Waals surface area contributed by atoms with Crippen molar-refractivity contribution >= 4 is 48.8 Å². The van der Waals surface area contributed by atoms with E-state index in [1.54, 1.807) is 31.8 Å². The van der Waals surface area contributed by atoms with Gasteiger partial charge in [-0.3, -0.25) is 5.43 Å². The van der Waals surface area contributed by atoms with Crippen LogP contribution >= 0.6 is 27.3 Å². The number of rotatable bonds is 5. The van der Waals surface area contributed by atoms with Crippen LogP contribution in [0, 0.1) is 0 Å². The SMILES string of the molecule is COc1ccc(/C=N\Nc2nc3ccccc3s2)c(OC)c1Br. The highest BCUT2D eigenvalue weighted by Crippen LogP contribution is 2.36. The fourth-order valence-electron chi connectivity index (χ4n) is 2.10. The molecule has 0 aliphatic carbocycles. The van der Waals surface area contributed by atoms with E-state index < -0.39 is 0 Å². The Labute approximate surface area is 146 Å². The maximum absolute atomic E-state index is 5.41. The third-order valence-corrected chi connectivity index (χ3v) is 4.87. The van der Waals surface area contributed by atoms with E-state index in [9.17, 15) is 0 Å². The highest BCUT2D eigenvalue weighted by Gasteiger charge is 2.11. The number of hydrogen-bond donors (Lipinski definition) is 1. The molecule has 7 heteroatoms. The largest absolute Gasteiger partial charge is 0.495 e. The quantitative estimate of drug-likeness (QED) is 0.512. The monoisotopic (exact) mass is 391 g/mol. The Morgan fingerprint density at radius 2 is 2.00 bits per heavy atom. The number of methoxy groups -OCH3 is 2. The van der Waals surface area contributed by atoms with Gasteiger partial charge < -0.3 is 9.47 Å². The Bertz CT molecular complexity index is 831. The summed E-state index contributed by atoms with van der Waals surface area (Å²) < 4.78 is 12.5. The first-order valence-corrected chi connectivity index (χ1v) is 8.39. The van der Waals surface area contributed by atoms with E-state index in [0.717, 1.165) is 25.4 Å². The molecule has 0 saturated carbocycles. The molecule has 1 heterocycles.